The van der Waals surface area contributed by atoms with Crippen LogP contribution in [-0.2, 0) is 23.7 Å². The van der Waals surface area contributed by atoms with Gasteiger partial charge in [-0.3, -0.25) is 4.79 Å². The summed E-state index contributed by atoms with van der Waals surface area (Å²) < 4.78 is 23.5. The fourth-order valence-corrected chi connectivity index (χ4v) is 5.65. The van der Waals surface area contributed by atoms with Crippen molar-refractivity contribution >= 4 is 12.1 Å². The van der Waals surface area contributed by atoms with Gasteiger partial charge in [0.2, 0.25) is 0 Å². The van der Waals surface area contributed by atoms with E-state index in [2.05, 4.69) is 0 Å². The number of carbonyl (C=O) groups is 2. The third-order valence-corrected chi connectivity index (χ3v) is 9.23. The number of nitrogens with zero attached hydrogens (tertiary/aromatic N) is 2. The first-order valence-corrected chi connectivity index (χ1v) is 16.5. The molecule has 10 unspecified atom stereocenters. The number of likely N-dealkylation sites (N-methyl/N-ethyl adjacent to an activating group) is 2. The molecule has 2 aliphatic heterocycles. The Morgan fingerprint density at radius 2 is 1.93 bits per heavy atom. The Labute approximate surface area is 276 Å². The Bertz CT molecular complexity index is 1070. The molecule has 2 aliphatic rings. The molecule has 1 saturated heterocycles. The molecule has 0 aromatic heterocycles. The summed E-state index contributed by atoms with van der Waals surface area (Å²) in [7, 11) is 7.09. The van der Waals surface area contributed by atoms with E-state index in [-0.39, 0.29) is 36.9 Å². The van der Waals surface area contributed by atoms with Gasteiger partial charge < -0.3 is 44.1 Å². The maximum absolute atomic E-state index is 13.0. The number of allylic oxidation sites excluding steroid dienone is 2. The fourth-order valence-electron chi connectivity index (χ4n) is 5.65. The zero-order chi connectivity index (χ0) is 34.8. The third kappa shape index (κ3) is 12.4. The number of ether oxygens (including phenoxy) is 4. The summed E-state index contributed by atoms with van der Waals surface area (Å²) >= 11 is 0. The van der Waals surface area contributed by atoms with Gasteiger partial charge in [0.15, 0.2) is 6.10 Å². The van der Waals surface area contributed by atoms with Crippen molar-refractivity contribution in [3.63, 3.8) is 0 Å². The van der Waals surface area contributed by atoms with Gasteiger partial charge in [-0.2, -0.15) is 0 Å². The summed E-state index contributed by atoms with van der Waals surface area (Å²) in [5.41, 5.74) is -1.37. The van der Waals surface area contributed by atoms with Crippen LogP contribution in [0.5, 0.6) is 0 Å². The van der Waals surface area contributed by atoms with Gasteiger partial charge in [0.1, 0.15) is 11.7 Å². The molecule has 11 nitrogen and oxygen atoms in total. The molecular formula is C35H60N2O9. The van der Waals surface area contributed by atoms with Gasteiger partial charge in [-0.25, -0.2) is 4.79 Å². The van der Waals surface area contributed by atoms with Crippen LogP contribution in [0.4, 0.5) is 4.79 Å². The second kappa shape index (κ2) is 17.8. The van der Waals surface area contributed by atoms with E-state index in [0.717, 1.165) is 5.57 Å². The number of epoxide rings is 1. The molecule has 0 bridgehead atoms. The second-order valence-corrected chi connectivity index (χ2v) is 13.9. The largest absolute Gasteiger partial charge is 0.457 e. The summed E-state index contributed by atoms with van der Waals surface area (Å²) in [5, 5.41) is 31.8. The van der Waals surface area contributed by atoms with Gasteiger partial charge >= 0.3 is 12.1 Å². The van der Waals surface area contributed by atoms with Gasteiger partial charge in [-0.1, -0.05) is 45.1 Å². The van der Waals surface area contributed by atoms with Crippen LogP contribution in [-0.4, -0.2) is 126 Å². The highest BCUT2D eigenvalue weighted by Gasteiger charge is 2.47. The maximum atomic E-state index is 13.0. The van der Waals surface area contributed by atoms with Gasteiger partial charge in [-0.15, -0.1) is 0 Å². The van der Waals surface area contributed by atoms with E-state index in [4.69, 9.17) is 18.9 Å². The molecule has 0 radical (unpaired) electrons. The minimum absolute atomic E-state index is 0.00498. The SMILES string of the molecule is CCC(O)C(C)C1OC1CC(C)(O)/C=C/C=C(\C)C1OC(=O)CC(O)CCC(C)(OC)C(OC(=O)N(C)CCN(C)C)/C=C/C1C. The van der Waals surface area contributed by atoms with Gasteiger partial charge in [0.05, 0.1) is 36.4 Å². The Morgan fingerprint density at radius 3 is 2.54 bits per heavy atom. The topological polar surface area (TPSA) is 142 Å². The average Bonchev–Trinajstić information content (AvgIpc) is 3.75. The van der Waals surface area contributed by atoms with Crippen molar-refractivity contribution in [1.82, 2.24) is 9.80 Å². The molecule has 0 saturated carbocycles. The number of carbonyl (C=O) groups excluding carboxylic acids is 2. The Hall–Kier alpha value is -2.28. The molecule has 10 atom stereocenters. The summed E-state index contributed by atoms with van der Waals surface area (Å²) in [4.78, 5) is 29.4. The molecule has 11 heteroatoms. The molecule has 1 amide bonds. The van der Waals surface area contributed by atoms with Gasteiger partial charge in [0, 0.05) is 45.5 Å². The van der Waals surface area contributed by atoms with Crippen molar-refractivity contribution < 1.29 is 43.9 Å². The van der Waals surface area contributed by atoms with E-state index in [9.17, 15) is 24.9 Å². The van der Waals surface area contributed by atoms with E-state index in [1.165, 1.54) is 4.90 Å². The lowest BCUT2D eigenvalue weighted by atomic mass is 9.88. The second-order valence-electron chi connectivity index (χ2n) is 13.9. The van der Waals surface area contributed by atoms with Gasteiger partial charge in [-0.05, 0) is 65.8 Å². The third-order valence-electron chi connectivity index (χ3n) is 9.23. The first kappa shape index (κ1) is 39.9. The van der Waals surface area contributed by atoms with Gasteiger partial charge in [0.25, 0.3) is 0 Å². The molecule has 1 fully saturated rings. The number of aliphatic hydroxyl groups excluding tert-OH is 2. The molecule has 3 N–H and O–H groups in total. The molecule has 0 aliphatic carbocycles. The predicted molar refractivity (Wildman–Crippen MR) is 177 cm³/mol. The number of esters is 1. The van der Waals surface area contributed by atoms with E-state index < -0.39 is 47.7 Å². The highest BCUT2D eigenvalue weighted by Crippen LogP contribution is 2.37. The standard InChI is InChI=1S/C35H60N2O9/c1-11-27(39)25(4)32-28(44-32)22-34(5,42)17-12-13-23(2)31-24(3)14-15-29(45-33(41)37(9)20-19-36(7)8)35(6,43-10)18-16-26(38)21-30(40)46-31/h12-15,17,24-29,31-32,38-39,42H,11,16,18-22H2,1-10H3/b15-14+,17-12+,23-13+. The van der Waals surface area contributed by atoms with Crippen molar-refractivity contribution in [2.75, 3.05) is 41.3 Å². The number of aliphatic hydroxyl groups is 3. The van der Waals surface area contributed by atoms with Crippen molar-refractivity contribution in [3.8, 4) is 0 Å². The maximum Gasteiger partial charge on any atom is 0.410 e. The zero-order valence-corrected chi connectivity index (χ0v) is 29.6. The Morgan fingerprint density at radius 1 is 1.26 bits per heavy atom. The number of rotatable bonds is 13. The van der Waals surface area contributed by atoms with E-state index in [0.29, 0.717) is 32.4 Å². The smallest absolute Gasteiger partial charge is 0.410 e. The predicted octanol–water partition coefficient (Wildman–Crippen LogP) is 3.86. The first-order chi connectivity index (χ1) is 21.4. The number of hydrogen-bond donors (Lipinski definition) is 3. The van der Waals surface area contributed by atoms with E-state index in [1.54, 1.807) is 45.4 Å². The monoisotopic (exact) mass is 652 g/mol. The van der Waals surface area contributed by atoms with Crippen LogP contribution >= 0.6 is 0 Å². The Balaban J connectivity index is 2.26. The van der Waals surface area contributed by atoms with Crippen LogP contribution in [0.3, 0.4) is 0 Å². The molecule has 2 rings (SSSR count). The number of methoxy groups -OCH3 is 1. The quantitative estimate of drug-likeness (QED) is 0.116. The zero-order valence-electron chi connectivity index (χ0n) is 29.6. The molecule has 264 valence electrons. The van der Waals surface area contributed by atoms with Crippen molar-refractivity contribution in [1.29, 1.82) is 0 Å². The average molecular weight is 653 g/mol. The first-order valence-electron chi connectivity index (χ1n) is 16.5. The molecular weight excluding hydrogens is 592 g/mol. The lowest BCUT2D eigenvalue weighted by molar-refractivity contribution is -0.151. The number of cyclic esters (lactones) is 1. The molecule has 0 aromatic rings. The molecule has 0 aromatic carbocycles. The van der Waals surface area contributed by atoms with Crippen molar-refractivity contribution in [3.05, 3.63) is 36.0 Å². The van der Waals surface area contributed by atoms with E-state index in [1.807, 2.05) is 59.7 Å². The number of amides is 1. The lowest BCUT2D eigenvalue weighted by Gasteiger charge is -2.36. The van der Waals surface area contributed by atoms with Crippen LogP contribution < -0.4 is 0 Å². The van der Waals surface area contributed by atoms with Crippen molar-refractivity contribution in [2.24, 2.45) is 11.8 Å². The Kier molecular flexibility index (Phi) is 15.4. The minimum atomic E-state index is -1.15. The number of hydrogen-bond acceptors (Lipinski definition) is 10. The highest BCUT2D eigenvalue weighted by atomic mass is 16.6. The lowest BCUT2D eigenvalue weighted by Crippen LogP contribution is -2.46. The van der Waals surface area contributed by atoms with Crippen LogP contribution in [0.25, 0.3) is 0 Å². The summed E-state index contributed by atoms with van der Waals surface area (Å²) in [5.74, 6) is -0.854. The summed E-state index contributed by atoms with van der Waals surface area (Å²) in [6.07, 6.45) is 6.75. The van der Waals surface area contributed by atoms with Crippen LogP contribution in [0, 0.1) is 11.8 Å². The molecule has 2 heterocycles. The highest BCUT2D eigenvalue weighted by molar-refractivity contribution is 5.70. The van der Waals surface area contributed by atoms with Crippen LogP contribution in [0.15, 0.2) is 36.0 Å². The fraction of sp³-hybridized carbons (Fsp3) is 0.771. The van der Waals surface area contributed by atoms with Crippen molar-refractivity contribution in [2.45, 2.75) is 121 Å². The van der Waals surface area contributed by atoms with Crippen LogP contribution in [0.1, 0.15) is 73.6 Å². The summed E-state index contributed by atoms with van der Waals surface area (Å²) in [6, 6.07) is 0. The molecule has 0 spiro atoms. The normalized spacial score (nSPS) is 32.9. The minimum Gasteiger partial charge on any atom is -0.457 e. The van der Waals surface area contributed by atoms with Crippen LogP contribution in [0.2, 0.25) is 0 Å². The summed E-state index contributed by atoms with van der Waals surface area (Å²) in [6.45, 7) is 12.3. The molecule has 46 heavy (non-hydrogen) atoms. The van der Waals surface area contributed by atoms with E-state index >= 15 is 0 Å².